The van der Waals surface area contributed by atoms with Gasteiger partial charge in [-0.1, -0.05) is 0 Å². The van der Waals surface area contributed by atoms with Crippen LogP contribution < -0.4 is 0 Å². The Balaban J connectivity index is 2.24. The average molecular weight is 209 g/mol. The van der Waals surface area contributed by atoms with Crippen LogP contribution in [-0.4, -0.2) is 36.8 Å². The molecule has 1 N–H and O–H groups in total. The first kappa shape index (κ1) is 10.4. The highest BCUT2D eigenvalue weighted by atomic mass is 35.5. The summed E-state index contributed by atoms with van der Waals surface area (Å²) < 4.78 is 18.8. The van der Waals surface area contributed by atoms with Gasteiger partial charge >= 0.3 is 8.25 Å². The molecule has 4 nitrogen and oxygen atoms in total. The quantitative estimate of drug-likeness (QED) is 0.419. The second-order valence-corrected chi connectivity index (χ2v) is 4.19. The lowest BCUT2D eigenvalue weighted by Crippen LogP contribution is -2.22. The van der Waals surface area contributed by atoms with Gasteiger partial charge in [0.15, 0.2) is 0 Å². The van der Waals surface area contributed by atoms with Crippen LogP contribution in [0, 0.1) is 0 Å². The zero-order chi connectivity index (χ0) is 9.19. The van der Waals surface area contributed by atoms with Gasteiger partial charge in [0.25, 0.3) is 0 Å². The third kappa shape index (κ3) is 3.38. The predicted octanol–water partition coefficient (Wildman–Crippen LogP) is 0.545. The molecule has 1 saturated heterocycles. The van der Waals surface area contributed by atoms with Gasteiger partial charge in [0.05, 0.1) is 20.6 Å². The van der Waals surface area contributed by atoms with Crippen molar-refractivity contribution < 1.29 is 18.7 Å². The molecule has 0 aromatic carbocycles. The highest BCUT2D eigenvalue weighted by Crippen LogP contribution is 2.29. The maximum Gasteiger partial charge on any atom is 0.694 e. The van der Waals surface area contributed by atoms with Crippen LogP contribution in [0.1, 0.15) is 6.42 Å². The summed E-state index contributed by atoms with van der Waals surface area (Å²) in [5.41, 5.74) is 0. The van der Waals surface area contributed by atoms with Crippen LogP contribution in [0.2, 0.25) is 0 Å². The minimum atomic E-state index is -2.56. The minimum Gasteiger partial charge on any atom is -0.375 e. The van der Waals surface area contributed by atoms with Gasteiger partial charge < -0.3 is 4.74 Å². The van der Waals surface area contributed by atoms with Gasteiger partial charge in [0.2, 0.25) is 0 Å². The predicted molar refractivity (Wildman–Crippen MR) is 44.5 cm³/mol. The molecule has 1 aliphatic heterocycles. The number of hydrogen-bond acceptors (Lipinski definition) is 3. The third-order valence-corrected chi connectivity index (χ3v) is 2.13. The second kappa shape index (κ2) is 4.03. The molecule has 3 atom stereocenters. The lowest BCUT2D eigenvalue weighted by Gasteiger charge is -2.09. The summed E-state index contributed by atoms with van der Waals surface area (Å²) in [6.45, 7) is 0.294. The molecule has 0 aromatic rings. The van der Waals surface area contributed by atoms with E-state index in [1.54, 1.807) is 0 Å². The van der Waals surface area contributed by atoms with Crippen LogP contribution in [0.25, 0.3) is 0 Å². The van der Waals surface area contributed by atoms with Crippen molar-refractivity contribution in [3.05, 3.63) is 0 Å². The Hall–Kier alpha value is 0.335. The van der Waals surface area contributed by atoms with Crippen LogP contribution >= 0.6 is 19.9 Å². The fraction of sp³-hybridized carbons (Fsp3) is 1.00. The fourth-order valence-corrected chi connectivity index (χ4v) is 1.54. The van der Waals surface area contributed by atoms with Gasteiger partial charge in [-0.05, 0) is 6.42 Å². The number of rotatable bonds is 3. The van der Waals surface area contributed by atoms with Crippen molar-refractivity contribution in [3.63, 3.8) is 0 Å². The molecule has 0 saturated carbocycles. The Kier molecular flexibility index (Phi) is 3.50. The van der Waals surface area contributed by atoms with Gasteiger partial charge in [-0.2, -0.15) is 0 Å². The first-order valence-electron chi connectivity index (χ1n) is 3.38. The molecule has 0 aromatic heterocycles. The standard InChI is InChI=1S/C5H7BClO4P/c6-5(7)1-4(10-3-5)2-11-12(8)9/h4H,1-3H2/p+1. The summed E-state index contributed by atoms with van der Waals surface area (Å²) in [5.74, 6) is 0. The lowest BCUT2D eigenvalue weighted by molar-refractivity contribution is 0.0663. The van der Waals surface area contributed by atoms with Gasteiger partial charge in [0, 0.05) is 9.34 Å². The molecule has 1 fully saturated rings. The summed E-state index contributed by atoms with van der Waals surface area (Å²) in [6.07, 6.45) is 0.149. The molecule has 66 valence electrons. The van der Waals surface area contributed by atoms with E-state index in [4.69, 9.17) is 29.1 Å². The van der Waals surface area contributed by atoms with Crippen molar-refractivity contribution in [2.45, 2.75) is 17.3 Å². The van der Waals surface area contributed by atoms with E-state index in [1.165, 1.54) is 0 Å². The Bertz CT molecular complexity index is 188. The van der Waals surface area contributed by atoms with Gasteiger partial charge in [-0.25, -0.2) is 0 Å². The van der Waals surface area contributed by atoms with E-state index >= 15 is 0 Å². The summed E-state index contributed by atoms with van der Waals surface area (Å²) in [6, 6.07) is 0. The molecule has 3 unspecified atom stereocenters. The molecule has 12 heavy (non-hydrogen) atoms. The second-order valence-electron chi connectivity index (χ2n) is 2.71. The Morgan fingerprint density at radius 3 is 3.00 bits per heavy atom. The topological polar surface area (TPSA) is 55.8 Å². The molecule has 0 amide bonds. The summed E-state index contributed by atoms with van der Waals surface area (Å²) >= 11 is 5.74. The Labute approximate surface area is 77.5 Å². The molecule has 7 heteroatoms. The van der Waals surface area contributed by atoms with E-state index in [9.17, 15) is 4.57 Å². The Morgan fingerprint density at radius 1 is 1.92 bits per heavy atom. The zero-order valence-corrected chi connectivity index (χ0v) is 7.92. The van der Waals surface area contributed by atoms with E-state index in [1.807, 2.05) is 0 Å². The number of alkyl halides is 1. The molecule has 0 spiro atoms. The van der Waals surface area contributed by atoms with Crippen molar-refractivity contribution >= 4 is 27.7 Å². The highest BCUT2D eigenvalue weighted by molar-refractivity contribution is 7.32. The fourth-order valence-electron chi connectivity index (χ4n) is 1.01. The summed E-state index contributed by atoms with van der Waals surface area (Å²) in [7, 11) is 2.96. The van der Waals surface area contributed by atoms with Crippen molar-refractivity contribution in [3.8, 4) is 0 Å². The van der Waals surface area contributed by atoms with E-state index in [0.717, 1.165) is 0 Å². The van der Waals surface area contributed by atoms with Crippen LogP contribution in [0.15, 0.2) is 0 Å². The smallest absolute Gasteiger partial charge is 0.375 e. The molecule has 1 aliphatic rings. The molecule has 2 radical (unpaired) electrons. The van der Waals surface area contributed by atoms with Gasteiger partial charge in [0.1, 0.15) is 6.61 Å². The third-order valence-electron chi connectivity index (χ3n) is 1.50. The van der Waals surface area contributed by atoms with Crippen LogP contribution in [-0.2, 0) is 13.8 Å². The number of hydrogen-bond donors (Lipinski definition) is 1. The van der Waals surface area contributed by atoms with E-state index in [-0.39, 0.29) is 19.3 Å². The maximum atomic E-state index is 10.1. The van der Waals surface area contributed by atoms with Gasteiger partial charge in [-0.3, -0.25) is 0 Å². The van der Waals surface area contributed by atoms with Crippen molar-refractivity contribution in [1.29, 1.82) is 0 Å². The minimum absolute atomic E-state index is 0.0530. The van der Waals surface area contributed by atoms with Crippen LogP contribution in [0.5, 0.6) is 0 Å². The molecule has 1 heterocycles. The van der Waals surface area contributed by atoms with Gasteiger partial charge in [-0.15, -0.1) is 21.0 Å². The molecular formula is C5H8BClO4P+. The van der Waals surface area contributed by atoms with E-state index in [0.29, 0.717) is 6.42 Å². The number of ether oxygens (including phenoxy) is 1. The van der Waals surface area contributed by atoms with E-state index < -0.39 is 13.0 Å². The average Bonchev–Trinajstić information content (AvgIpc) is 2.26. The van der Waals surface area contributed by atoms with Crippen molar-refractivity contribution in [1.82, 2.24) is 0 Å². The first-order chi connectivity index (χ1) is 5.49. The monoisotopic (exact) mass is 209 g/mol. The largest absolute Gasteiger partial charge is 0.694 e. The molecule has 0 aliphatic carbocycles. The maximum absolute atomic E-state index is 10.1. The summed E-state index contributed by atoms with van der Waals surface area (Å²) in [5, 5.41) is 0. The zero-order valence-electron chi connectivity index (χ0n) is 6.27. The van der Waals surface area contributed by atoms with Crippen molar-refractivity contribution in [2.24, 2.45) is 0 Å². The normalized spacial score (nSPS) is 36.8. The molecule has 1 rings (SSSR count). The highest BCUT2D eigenvalue weighted by Gasteiger charge is 2.35. The molecule has 0 bridgehead atoms. The lowest BCUT2D eigenvalue weighted by atomic mass is 9.84. The number of halogens is 1. The Morgan fingerprint density at radius 2 is 2.58 bits per heavy atom. The SMILES string of the molecule is [B]C1(Cl)COC(CO[P+](=O)O)C1. The van der Waals surface area contributed by atoms with E-state index in [2.05, 4.69) is 4.52 Å². The van der Waals surface area contributed by atoms with Crippen LogP contribution in [0.3, 0.4) is 0 Å². The van der Waals surface area contributed by atoms with Crippen LogP contribution in [0.4, 0.5) is 0 Å². The first-order valence-corrected chi connectivity index (χ1v) is 4.89. The molecular weight excluding hydrogens is 201 g/mol. The van der Waals surface area contributed by atoms with Crippen molar-refractivity contribution in [2.75, 3.05) is 13.2 Å². The summed E-state index contributed by atoms with van der Waals surface area (Å²) in [4.78, 5) is 8.31.